The first-order valence-corrected chi connectivity index (χ1v) is 15.0. The Bertz CT molecular complexity index is 469. The zero-order chi connectivity index (χ0) is 25.9. The van der Waals surface area contributed by atoms with Crippen molar-refractivity contribution in [3.63, 3.8) is 0 Å². The number of carbonyl (C=O) groups is 2. The van der Waals surface area contributed by atoms with Crippen molar-refractivity contribution >= 4 is 27.6 Å². The van der Waals surface area contributed by atoms with Crippen LogP contribution in [0, 0.1) is 0 Å². The van der Waals surface area contributed by atoms with Gasteiger partial charge in [0, 0.05) is 12.2 Å². The molecule has 0 spiro atoms. The zero-order valence-corrected chi connectivity index (χ0v) is 24.8. The van der Waals surface area contributed by atoms with Gasteiger partial charge in [-0.25, -0.2) is 0 Å². The second kappa shape index (κ2) is 28.6. The number of rotatable bonds is 22. The molecule has 0 aromatic carbocycles. The number of ketones is 1. The number of carbonyl (C=O) groups excluding carboxylic acids is 2. The lowest BCUT2D eigenvalue weighted by Crippen LogP contribution is -2.14. The molecule has 0 rings (SSSR count). The first kappa shape index (κ1) is 35.5. The number of Topliss-reactive ketones (excluding diaryl/α,β-unsaturated/α-hetero) is 1. The highest BCUT2D eigenvalue weighted by Crippen LogP contribution is 2.13. The van der Waals surface area contributed by atoms with Crippen LogP contribution in [0.4, 0.5) is 0 Å². The summed E-state index contributed by atoms with van der Waals surface area (Å²) in [6.45, 7) is 11.8. The highest BCUT2D eigenvalue weighted by molar-refractivity contribution is 6.18. The van der Waals surface area contributed by atoms with Crippen LogP contribution in [-0.4, -0.2) is 39.8 Å². The van der Waals surface area contributed by atoms with Crippen LogP contribution in [0.2, 0.25) is 0 Å². The Labute approximate surface area is 218 Å². The first-order valence-electron chi connectivity index (χ1n) is 13.9. The normalized spacial score (nSPS) is 11.1. The van der Waals surface area contributed by atoms with E-state index in [4.69, 9.17) is 12.3 Å². The van der Waals surface area contributed by atoms with Crippen molar-refractivity contribution in [2.75, 3.05) is 0 Å². The zero-order valence-electron chi connectivity index (χ0n) is 23.4. The molecule has 0 saturated heterocycles. The maximum atomic E-state index is 11.1. The summed E-state index contributed by atoms with van der Waals surface area (Å²) in [7, 11) is 0. The number of allylic oxidation sites excluding steroid dienone is 1. The smallest absolute Gasteiger partial charge is 0.479 e. The molecule has 0 atom stereocenters. The van der Waals surface area contributed by atoms with Crippen LogP contribution >= 0.6 is 0 Å². The van der Waals surface area contributed by atoms with E-state index in [9.17, 15) is 9.59 Å². The SMILES string of the molecule is CC(C)[O][AlH][O]C(C)C.CCCCCCCCCCCCCCCCC=COC(=O)CC(C)=O. The fourth-order valence-electron chi connectivity index (χ4n) is 3.21. The van der Waals surface area contributed by atoms with E-state index in [2.05, 4.69) is 6.92 Å². The predicted octanol–water partition coefficient (Wildman–Crippen LogP) is 8.00. The Morgan fingerprint density at radius 3 is 1.50 bits per heavy atom. The summed E-state index contributed by atoms with van der Waals surface area (Å²) >= 11 is -0.684. The molecule has 34 heavy (non-hydrogen) atoms. The number of esters is 1. The van der Waals surface area contributed by atoms with E-state index in [1.54, 1.807) is 0 Å². The molecule has 0 aliphatic carbocycles. The molecule has 0 fully saturated rings. The molecule has 6 heteroatoms. The van der Waals surface area contributed by atoms with Gasteiger partial charge in [-0.3, -0.25) is 9.59 Å². The van der Waals surface area contributed by atoms with Gasteiger partial charge in [0.25, 0.3) is 0 Å². The Morgan fingerprint density at radius 2 is 1.12 bits per heavy atom. The molecular formula is C28H55AlO5. The number of hydrogen-bond acceptors (Lipinski definition) is 5. The summed E-state index contributed by atoms with van der Waals surface area (Å²) in [4.78, 5) is 21.8. The quantitative estimate of drug-likeness (QED) is 0.0497. The monoisotopic (exact) mass is 498 g/mol. The second-order valence-corrected chi connectivity index (χ2v) is 10.6. The van der Waals surface area contributed by atoms with Gasteiger partial charge in [0.05, 0.1) is 6.26 Å². The molecule has 0 radical (unpaired) electrons. The molecule has 0 bridgehead atoms. The van der Waals surface area contributed by atoms with Gasteiger partial charge in [-0.1, -0.05) is 90.4 Å². The van der Waals surface area contributed by atoms with Crippen molar-refractivity contribution in [2.45, 2.75) is 156 Å². The average molecular weight is 499 g/mol. The first-order chi connectivity index (χ1) is 16.3. The van der Waals surface area contributed by atoms with Crippen molar-refractivity contribution in [1.29, 1.82) is 0 Å². The van der Waals surface area contributed by atoms with E-state index in [1.165, 1.54) is 96.7 Å². The van der Waals surface area contributed by atoms with Crippen LogP contribution < -0.4 is 0 Å². The summed E-state index contributed by atoms with van der Waals surface area (Å²) in [5.41, 5.74) is 0. The van der Waals surface area contributed by atoms with Gasteiger partial charge in [0.1, 0.15) is 12.2 Å². The lowest BCUT2D eigenvalue weighted by molar-refractivity contribution is -0.140. The van der Waals surface area contributed by atoms with E-state index in [0.717, 1.165) is 12.8 Å². The molecule has 0 heterocycles. The third-order valence-electron chi connectivity index (χ3n) is 5.22. The topological polar surface area (TPSA) is 61.8 Å². The average Bonchev–Trinajstić information content (AvgIpc) is 2.75. The van der Waals surface area contributed by atoms with Crippen LogP contribution in [-0.2, 0) is 21.9 Å². The lowest BCUT2D eigenvalue weighted by atomic mass is 10.0. The highest BCUT2D eigenvalue weighted by atomic mass is 27.2. The fourth-order valence-corrected chi connectivity index (χ4v) is 3.83. The van der Waals surface area contributed by atoms with Crippen LogP contribution in [0.15, 0.2) is 12.3 Å². The van der Waals surface area contributed by atoms with E-state index >= 15 is 0 Å². The Hall–Kier alpha value is -0.668. The molecule has 5 nitrogen and oxygen atoms in total. The highest BCUT2D eigenvalue weighted by Gasteiger charge is 2.03. The Morgan fingerprint density at radius 1 is 0.706 bits per heavy atom. The minimum atomic E-state index is -0.684. The molecule has 0 aromatic heterocycles. The van der Waals surface area contributed by atoms with Crippen LogP contribution in [0.25, 0.3) is 0 Å². The van der Waals surface area contributed by atoms with Crippen molar-refractivity contribution in [3.8, 4) is 0 Å². The van der Waals surface area contributed by atoms with Gasteiger partial charge < -0.3 is 12.3 Å². The van der Waals surface area contributed by atoms with Crippen LogP contribution in [0.5, 0.6) is 0 Å². The van der Waals surface area contributed by atoms with Crippen molar-refractivity contribution < 1.29 is 21.9 Å². The van der Waals surface area contributed by atoms with Gasteiger partial charge in [-0.15, -0.1) is 0 Å². The number of unbranched alkanes of at least 4 members (excludes halogenated alkanes) is 14. The van der Waals surface area contributed by atoms with Crippen molar-refractivity contribution in [1.82, 2.24) is 0 Å². The van der Waals surface area contributed by atoms with Gasteiger partial charge in [0.2, 0.25) is 0 Å². The summed E-state index contributed by atoms with van der Waals surface area (Å²) in [6, 6.07) is 0. The molecule has 0 amide bonds. The van der Waals surface area contributed by atoms with Gasteiger partial charge in [-0.2, -0.15) is 0 Å². The summed E-state index contributed by atoms with van der Waals surface area (Å²) in [6.07, 6.45) is 23.8. The largest absolute Gasteiger partial charge is 0.650 e. The molecule has 0 aliphatic rings. The van der Waals surface area contributed by atoms with E-state index in [-0.39, 0.29) is 12.2 Å². The van der Waals surface area contributed by atoms with Crippen LogP contribution in [0.1, 0.15) is 144 Å². The molecule has 200 valence electrons. The summed E-state index contributed by atoms with van der Waals surface area (Å²) < 4.78 is 15.4. The Balaban J connectivity index is 0. The predicted molar refractivity (Wildman–Crippen MR) is 145 cm³/mol. The Kier molecular flexibility index (Phi) is 29.8. The standard InChI is InChI=1S/C22H40O3.2C3H7O.Al.H/c1-3-4-5-6-7-8-9-10-11-12-13-14-15-16-17-18-19-25-22(24)20-21(2)23;2*1-3(2)4;;/h18-19H,3-17,20H2,1-2H3;2*3H,1-2H3;;/q;2*-1;+2;. The minimum Gasteiger partial charge on any atom is -0.479 e. The maximum Gasteiger partial charge on any atom is 0.650 e. The van der Waals surface area contributed by atoms with Gasteiger partial charge in [0.15, 0.2) is 0 Å². The number of ether oxygens (including phenoxy) is 1. The lowest BCUT2D eigenvalue weighted by Gasteiger charge is -2.09. The third kappa shape index (κ3) is 35.9. The van der Waals surface area contributed by atoms with Crippen molar-refractivity contribution in [3.05, 3.63) is 12.3 Å². The maximum absolute atomic E-state index is 11.1. The molecule has 0 N–H and O–H groups in total. The molecule has 0 saturated carbocycles. The summed E-state index contributed by atoms with van der Waals surface area (Å²) in [5, 5.41) is 0. The van der Waals surface area contributed by atoms with E-state index in [1.807, 2.05) is 33.8 Å². The molecule has 0 aliphatic heterocycles. The molecule has 0 unspecified atom stereocenters. The van der Waals surface area contributed by atoms with Gasteiger partial charge in [-0.05, 0) is 53.5 Å². The van der Waals surface area contributed by atoms with Crippen LogP contribution in [0.3, 0.4) is 0 Å². The van der Waals surface area contributed by atoms with E-state index in [0.29, 0.717) is 12.2 Å². The van der Waals surface area contributed by atoms with Gasteiger partial charge >= 0.3 is 21.9 Å². The summed E-state index contributed by atoms with van der Waals surface area (Å²) in [5.74, 6) is -0.630. The number of hydrogen-bond donors (Lipinski definition) is 0. The minimum absolute atomic E-state index is 0.136. The molecule has 0 aromatic rings. The third-order valence-corrected chi connectivity index (χ3v) is 6.82. The van der Waals surface area contributed by atoms with Crippen molar-refractivity contribution in [2.24, 2.45) is 0 Å². The van der Waals surface area contributed by atoms with E-state index < -0.39 is 21.9 Å². The fraction of sp³-hybridized carbons (Fsp3) is 0.857. The second-order valence-electron chi connectivity index (χ2n) is 9.67. The molecular weight excluding hydrogens is 443 g/mol.